The standard InChI is InChI=1S/C11H16O3S/c12-10-11(1-2-13-10)5-7-3-8(11)9(4-7)14-6-15/h7-9,15H,1-6H2. The monoisotopic (exact) mass is 228 g/mol. The van der Waals surface area contributed by atoms with E-state index in [0.717, 1.165) is 25.7 Å². The van der Waals surface area contributed by atoms with Crippen LogP contribution in [0, 0.1) is 17.3 Å². The largest absolute Gasteiger partial charge is 0.465 e. The molecular weight excluding hydrogens is 212 g/mol. The summed E-state index contributed by atoms with van der Waals surface area (Å²) in [7, 11) is 0. The van der Waals surface area contributed by atoms with Crippen LogP contribution in [0.3, 0.4) is 0 Å². The number of fused-ring (bicyclic) bond motifs is 3. The topological polar surface area (TPSA) is 35.5 Å². The van der Waals surface area contributed by atoms with Crippen molar-refractivity contribution >= 4 is 18.6 Å². The van der Waals surface area contributed by atoms with Gasteiger partial charge in [0, 0.05) is 5.92 Å². The molecule has 2 aliphatic carbocycles. The molecule has 1 heterocycles. The van der Waals surface area contributed by atoms with Crippen LogP contribution in [0.2, 0.25) is 0 Å². The van der Waals surface area contributed by atoms with Gasteiger partial charge in [-0.1, -0.05) is 0 Å². The molecule has 4 unspecified atom stereocenters. The second-order valence-electron chi connectivity index (χ2n) is 5.02. The van der Waals surface area contributed by atoms with Crippen LogP contribution < -0.4 is 0 Å². The van der Waals surface area contributed by atoms with Gasteiger partial charge in [-0.15, -0.1) is 0 Å². The van der Waals surface area contributed by atoms with E-state index in [9.17, 15) is 4.79 Å². The Hall–Kier alpha value is -0.220. The molecule has 1 saturated heterocycles. The van der Waals surface area contributed by atoms with E-state index in [0.29, 0.717) is 24.4 Å². The molecule has 0 radical (unpaired) electrons. The van der Waals surface area contributed by atoms with Crippen molar-refractivity contribution in [3.05, 3.63) is 0 Å². The molecule has 2 saturated carbocycles. The van der Waals surface area contributed by atoms with Crippen molar-refractivity contribution in [1.82, 2.24) is 0 Å². The van der Waals surface area contributed by atoms with Gasteiger partial charge in [-0.2, -0.15) is 12.6 Å². The third-order valence-corrected chi connectivity index (χ3v) is 4.59. The van der Waals surface area contributed by atoms with E-state index < -0.39 is 0 Å². The van der Waals surface area contributed by atoms with Crippen LogP contribution in [0.25, 0.3) is 0 Å². The van der Waals surface area contributed by atoms with E-state index in [1.807, 2.05) is 0 Å². The summed E-state index contributed by atoms with van der Waals surface area (Å²) < 4.78 is 10.8. The highest BCUT2D eigenvalue weighted by Gasteiger charge is 2.62. The van der Waals surface area contributed by atoms with Crippen LogP contribution in [0.1, 0.15) is 25.7 Å². The van der Waals surface area contributed by atoms with Gasteiger partial charge in [-0.25, -0.2) is 0 Å². The fraction of sp³-hybridized carbons (Fsp3) is 0.909. The Balaban J connectivity index is 1.85. The number of thiol groups is 1. The highest BCUT2D eigenvalue weighted by molar-refractivity contribution is 7.80. The average molecular weight is 228 g/mol. The lowest BCUT2D eigenvalue weighted by Gasteiger charge is -2.34. The first-order valence-corrected chi connectivity index (χ1v) is 6.29. The molecule has 2 bridgehead atoms. The molecule has 0 aromatic rings. The molecule has 0 aromatic carbocycles. The van der Waals surface area contributed by atoms with Gasteiger partial charge < -0.3 is 9.47 Å². The number of cyclic esters (lactones) is 1. The van der Waals surface area contributed by atoms with Gasteiger partial charge in [0.25, 0.3) is 0 Å². The number of rotatable bonds is 2. The maximum Gasteiger partial charge on any atom is 0.312 e. The first-order valence-electron chi connectivity index (χ1n) is 5.66. The quantitative estimate of drug-likeness (QED) is 0.443. The third kappa shape index (κ3) is 1.27. The summed E-state index contributed by atoms with van der Waals surface area (Å²) in [5.74, 6) is 1.55. The number of esters is 1. The second kappa shape index (κ2) is 3.39. The highest BCUT2D eigenvalue weighted by Crippen LogP contribution is 2.60. The molecule has 0 aromatic heterocycles. The summed E-state index contributed by atoms with van der Waals surface area (Å²) in [4.78, 5) is 11.8. The van der Waals surface area contributed by atoms with Gasteiger partial charge in [0.1, 0.15) is 0 Å². The van der Waals surface area contributed by atoms with Gasteiger partial charge >= 0.3 is 5.97 Å². The van der Waals surface area contributed by atoms with Gasteiger partial charge in [-0.3, -0.25) is 4.79 Å². The molecule has 0 N–H and O–H groups in total. The van der Waals surface area contributed by atoms with Crippen molar-refractivity contribution in [2.45, 2.75) is 31.8 Å². The van der Waals surface area contributed by atoms with E-state index in [1.54, 1.807) is 0 Å². The number of ether oxygens (including phenoxy) is 2. The summed E-state index contributed by atoms with van der Waals surface area (Å²) in [6.07, 6.45) is 4.43. The van der Waals surface area contributed by atoms with Crippen LogP contribution in [-0.4, -0.2) is 24.6 Å². The summed E-state index contributed by atoms with van der Waals surface area (Å²) in [6, 6.07) is 0. The van der Waals surface area contributed by atoms with Crippen LogP contribution in [-0.2, 0) is 14.3 Å². The van der Waals surface area contributed by atoms with Crippen LogP contribution in [0.4, 0.5) is 0 Å². The SMILES string of the molecule is O=C1OCCC12CC1CC(OCS)C2C1. The molecule has 3 rings (SSSR count). The van der Waals surface area contributed by atoms with Crippen molar-refractivity contribution in [3.63, 3.8) is 0 Å². The molecule has 1 spiro atoms. The zero-order valence-corrected chi connectivity index (χ0v) is 9.54. The van der Waals surface area contributed by atoms with Crippen molar-refractivity contribution in [2.24, 2.45) is 17.3 Å². The summed E-state index contributed by atoms with van der Waals surface area (Å²) in [5, 5.41) is 0. The highest BCUT2D eigenvalue weighted by atomic mass is 32.1. The van der Waals surface area contributed by atoms with Crippen LogP contribution in [0.5, 0.6) is 0 Å². The Labute approximate surface area is 94.9 Å². The number of hydrogen-bond donors (Lipinski definition) is 1. The van der Waals surface area contributed by atoms with Gasteiger partial charge in [-0.05, 0) is 31.6 Å². The molecular formula is C11H16O3S. The van der Waals surface area contributed by atoms with Crippen molar-refractivity contribution in [1.29, 1.82) is 0 Å². The first kappa shape index (κ1) is 9.97. The normalized spacial score (nSPS) is 47.8. The van der Waals surface area contributed by atoms with Crippen molar-refractivity contribution in [3.8, 4) is 0 Å². The van der Waals surface area contributed by atoms with E-state index in [4.69, 9.17) is 9.47 Å². The fourth-order valence-electron chi connectivity index (χ4n) is 3.89. The molecule has 84 valence electrons. The number of carbonyl (C=O) groups is 1. The minimum Gasteiger partial charge on any atom is -0.465 e. The van der Waals surface area contributed by atoms with Gasteiger partial charge in [0.05, 0.1) is 24.1 Å². The lowest BCUT2D eigenvalue weighted by atomic mass is 9.71. The Bertz CT molecular complexity index is 294. The average Bonchev–Trinajstić information content (AvgIpc) is 2.84. The molecule has 4 heteroatoms. The predicted octanol–water partition coefficient (Wildman–Crippen LogP) is 1.62. The van der Waals surface area contributed by atoms with Crippen LogP contribution in [0.15, 0.2) is 0 Å². The smallest absolute Gasteiger partial charge is 0.312 e. The van der Waals surface area contributed by atoms with E-state index in [-0.39, 0.29) is 17.5 Å². The number of carbonyl (C=O) groups excluding carboxylic acids is 1. The Kier molecular flexibility index (Phi) is 2.25. The zero-order valence-electron chi connectivity index (χ0n) is 8.65. The zero-order chi connectivity index (χ0) is 10.5. The molecule has 3 aliphatic rings. The summed E-state index contributed by atoms with van der Waals surface area (Å²) >= 11 is 4.11. The van der Waals surface area contributed by atoms with E-state index in [2.05, 4.69) is 12.6 Å². The molecule has 3 fully saturated rings. The lowest BCUT2D eigenvalue weighted by Crippen LogP contribution is -2.40. The third-order valence-electron chi connectivity index (χ3n) is 4.44. The summed E-state index contributed by atoms with van der Waals surface area (Å²) in [5.41, 5.74) is -0.184. The molecule has 4 atom stereocenters. The Morgan fingerprint density at radius 1 is 1.53 bits per heavy atom. The molecule has 3 nitrogen and oxygen atoms in total. The Morgan fingerprint density at radius 3 is 3.00 bits per heavy atom. The van der Waals surface area contributed by atoms with Gasteiger partial charge in [0.2, 0.25) is 0 Å². The first-order chi connectivity index (χ1) is 7.26. The Morgan fingerprint density at radius 2 is 2.40 bits per heavy atom. The lowest BCUT2D eigenvalue weighted by molar-refractivity contribution is -0.151. The van der Waals surface area contributed by atoms with E-state index in [1.165, 1.54) is 0 Å². The second-order valence-corrected chi connectivity index (χ2v) is 5.28. The predicted molar refractivity (Wildman–Crippen MR) is 57.6 cm³/mol. The van der Waals surface area contributed by atoms with Crippen molar-refractivity contribution in [2.75, 3.05) is 12.5 Å². The van der Waals surface area contributed by atoms with Crippen molar-refractivity contribution < 1.29 is 14.3 Å². The molecule has 15 heavy (non-hydrogen) atoms. The number of hydrogen-bond acceptors (Lipinski definition) is 4. The molecule has 1 aliphatic heterocycles. The fourth-order valence-corrected chi connectivity index (χ4v) is 4.08. The maximum absolute atomic E-state index is 11.8. The van der Waals surface area contributed by atoms with Crippen LogP contribution >= 0.6 is 12.6 Å². The minimum atomic E-state index is -0.184. The maximum atomic E-state index is 11.8. The van der Waals surface area contributed by atoms with E-state index >= 15 is 0 Å². The molecule has 0 amide bonds. The minimum absolute atomic E-state index is 0.0301. The summed E-state index contributed by atoms with van der Waals surface area (Å²) in [6.45, 7) is 0.607. The van der Waals surface area contributed by atoms with Gasteiger partial charge in [0.15, 0.2) is 0 Å².